The molecule has 18 heavy (non-hydrogen) atoms. The van der Waals surface area contributed by atoms with Gasteiger partial charge in [0.15, 0.2) is 0 Å². The second-order valence-electron chi connectivity index (χ2n) is 4.60. The molecule has 4 heteroatoms. The highest BCUT2D eigenvalue weighted by molar-refractivity contribution is 9.10. The predicted octanol–water partition coefficient (Wildman–Crippen LogP) is 3.30. The number of benzene rings is 1. The Balaban J connectivity index is 2.52. The number of nitrogens with one attached hydrogen (secondary N) is 1. The number of rotatable bonds is 3. The average molecular weight is 309 g/mol. The van der Waals surface area contributed by atoms with E-state index in [0.717, 1.165) is 21.7 Å². The number of imidazole rings is 1. The highest BCUT2D eigenvalue weighted by atomic mass is 79.9. The first-order valence-electron chi connectivity index (χ1n) is 5.96. The number of H-pyrrole nitrogens is 1. The highest BCUT2D eigenvalue weighted by Crippen LogP contribution is 2.28. The van der Waals surface area contributed by atoms with Gasteiger partial charge in [-0.3, -0.25) is 0 Å². The number of hydrogen-bond acceptors (Lipinski definition) is 2. The summed E-state index contributed by atoms with van der Waals surface area (Å²) in [6.45, 7) is 6.40. The summed E-state index contributed by atoms with van der Waals surface area (Å²) >= 11 is 3.43. The third-order valence-corrected chi connectivity index (χ3v) is 3.66. The molecule has 3 nitrogen and oxygen atoms in total. The number of aliphatic hydroxyl groups is 1. The largest absolute Gasteiger partial charge is 0.396 e. The monoisotopic (exact) mass is 308 g/mol. The number of aromatic amines is 1. The van der Waals surface area contributed by atoms with E-state index in [1.54, 1.807) is 0 Å². The quantitative estimate of drug-likeness (QED) is 0.914. The van der Waals surface area contributed by atoms with Gasteiger partial charge in [0.1, 0.15) is 10.4 Å². The lowest BCUT2D eigenvalue weighted by molar-refractivity contribution is 0.298. The summed E-state index contributed by atoms with van der Waals surface area (Å²) in [5, 5.41) is 9.00. The van der Waals surface area contributed by atoms with Crippen LogP contribution in [0.1, 0.15) is 22.4 Å². The van der Waals surface area contributed by atoms with Crippen LogP contribution in [0.2, 0.25) is 0 Å². The molecule has 96 valence electrons. The van der Waals surface area contributed by atoms with E-state index in [-0.39, 0.29) is 6.61 Å². The molecule has 1 aromatic carbocycles. The Morgan fingerprint density at radius 2 is 1.83 bits per heavy atom. The minimum atomic E-state index is 0.117. The maximum atomic E-state index is 9.00. The van der Waals surface area contributed by atoms with Gasteiger partial charge in [0.05, 0.1) is 5.69 Å². The summed E-state index contributed by atoms with van der Waals surface area (Å²) in [7, 11) is 0. The van der Waals surface area contributed by atoms with E-state index in [1.807, 2.05) is 0 Å². The van der Waals surface area contributed by atoms with Gasteiger partial charge in [-0.2, -0.15) is 0 Å². The van der Waals surface area contributed by atoms with Crippen molar-refractivity contribution in [1.82, 2.24) is 9.97 Å². The van der Waals surface area contributed by atoms with E-state index in [4.69, 9.17) is 5.11 Å². The lowest BCUT2D eigenvalue weighted by Gasteiger charge is -2.08. The molecule has 0 atom stereocenters. The molecule has 0 saturated heterocycles. The normalized spacial score (nSPS) is 10.9. The first-order valence-corrected chi connectivity index (χ1v) is 6.75. The Hall–Kier alpha value is -1.13. The Kier molecular flexibility index (Phi) is 3.88. The van der Waals surface area contributed by atoms with Gasteiger partial charge in [-0.05, 0) is 47.8 Å². The van der Waals surface area contributed by atoms with Gasteiger partial charge in [0, 0.05) is 18.6 Å². The van der Waals surface area contributed by atoms with Crippen LogP contribution in [0.25, 0.3) is 11.4 Å². The molecule has 0 bridgehead atoms. The van der Waals surface area contributed by atoms with Gasteiger partial charge in [0.25, 0.3) is 0 Å². The summed E-state index contributed by atoms with van der Waals surface area (Å²) in [6, 6.07) is 4.31. The molecular weight excluding hydrogens is 292 g/mol. The minimum absolute atomic E-state index is 0.117. The van der Waals surface area contributed by atoms with Crippen LogP contribution in [0.15, 0.2) is 16.7 Å². The number of aromatic nitrogens is 2. The Morgan fingerprint density at radius 1 is 1.22 bits per heavy atom. The van der Waals surface area contributed by atoms with Crippen LogP contribution in [0, 0.1) is 20.8 Å². The molecule has 1 aromatic heterocycles. The Morgan fingerprint density at radius 3 is 2.39 bits per heavy atom. The Bertz CT molecular complexity index is 552. The zero-order valence-corrected chi connectivity index (χ0v) is 12.4. The smallest absolute Gasteiger partial charge is 0.139 e. The topological polar surface area (TPSA) is 48.9 Å². The highest BCUT2D eigenvalue weighted by Gasteiger charge is 2.13. The summed E-state index contributed by atoms with van der Waals surface area (Å²) in [6.07, 6.45) is 0.581. The molecule has 0 aliphatic heterocycles. The summed E-state index contributed by atoms with van der Waals surface area (Å²) in [5.41, 5.74) is 5.76. The molecule has 0 spiro atoms. The van der Waals surface area contributed by atoms with Crippen molar-refractivity contribution >= 4 is 15.9 Å². The third kappa shape index (κ3) is 2.49. The van der Waals surface area contributed by atoms with Crippen LogP contribution >= 0.6 is 15.9 Å². The second-order valence-corrected chi connectivity index (χ2v) is 5.35. The molecule has 2 aromatic rings. The molecule has 0 amide bonds. The van der Waals surface area contributed by atoms with Crippen molar-refractivity contribution in [3.8, 4) is 11.4 Å². The van der Waals surface area contributed by atoms with E-state index in [2.05, 4.69) is 58.8 Å². The van der Waals surface area contributed by atoms with E-state index < -0.39 is 0 Å². The molecule has 2 N–H and O–H groups in total. The summed E-state index contributed by atoms with van der Waals surface area (Å²) in [4.78, 5) is 7.78. The lowest BCUT2D eigenvalue weighted by atomic mass is 9.99. The molecule has 1 heterocycles. The molecular formula is C14H17BrN2O. The van der Waals surface area contributed by atoms with Gasteiger partial charge in [-0.15, -0.1) is 0 Å². The molecule has 0 unspecified atom stereocenters. The zero-order valence-electron chi connectivity index (χ0n) is 10.8. The summed E-state index contributed by atoms with van der Waals surface area (Å²) < 4.78 is 0.783. The zero-order chi connectivity index (χ0) is 13.3. The van der Waals surface area contributed by atoms with Crippen molar-refractivity contribution in [2.45, 2.75) is 27.2 Å². The van der Waals surface area contributed by atoms with Crippen molar-refractivity contribution in [1.29, 1.82) is 0 Å². The minimum Gasteiger partial charge on any atom is -0.396 e. The summed E-state index contributed by atoms with van der Waals surface area (Å²) in [5.74, 6) is 0.861. The van der Waals surface area contributed by atoms with Crippen LogP contribution in [0.5, 0.6) is 0 Å². The first kappa shape index (κ1) is 13.3. The molecule has 0 radical (unpaired) electrons. The SMILES string of the molecule is Cc1cc(C)c(-c2nc(Br)c(CCO)[nH]2)c(C)c1. The van der Waals surface area contributed by atoms with Gasteiger partial charge in [-0.25, -0.2) is 4.98 Å². The Labute approximate surface area is 115 Å². The number of halogens is 1. The van der Waals surface area contributed by atoms with Gasteiger partial charge < -0.3 is 10.1 Å². The van der Waals surface area contributed by atoms with E-state index in [0.29, 0.717) is 6.42 Å². The number of aliphatic hydroxyl groups excluding tert-OH is 1. The molecule has 0 saturated carbocycles. The van der Waals surface area contributed by atoms with Crippen molar-refractivity contribution in [2.24, 2.45) is 0 Å². The van der Waals surface area contributed by atoms with E-state index in [9.17, 15) is 0 Å². The fourth-order valence-corrected chi connectivity index (χ4v) is 2.81. The van der Waals surface area contributed by atoms with Crippen molar-refractivity contribution in [3.63, 3.8) is 0 Å². The van der Waals surface area contributed by atoms with E-state index >= 15 is 0 Å². The maximum absolute atomic E-state index is 9.00. The first-order chi connectivity index (χ1) is 8.52. The maximum Gasteiger partial charge on any atom is 0.139 e. The molecule has 0 fully saturated rings. The van der Waals surface area contributed by atoms with Crippen molar-refractivity contribution in [2.75, 3.05) is 6.61 Å². The van der Waals surface area contributed by atoms with Gasteiger partial charge in [-0.1, -0.05) is 17.7 Å². The fraction of sp³-hybridized carbons (Fsp3) is 0.357. The van der Waals surface area contributed by atoms with Gasteiger partial charge >= 0.3 is 0 Å². The predicted molar refractivity (Wildman–Crippen MR) is 76.7 cm³/mol. The average Bonchev–Trinajstić information content (AvgIpc) is 2.59. The molecule has 0 aliphatic carbocycles. The van der Waals surface area contributed by atoms with Crippen LogP contribution in [-0.2, 0) is 6.42 Å². The number of hydrogen-bond donors (Lipinski definition) is 2. The number of nitrogens with zero attached hydrogens (tertiary/aromatic N) is 1. The van der Waals surface area contributed by atoms with Crippen LogP contribution in [-0.4, -0.2) is 21.7 Å². The standard InChI is InChI=1S/C14H17BrN2O/c1-8-6-9(2)12(10(3)7-8)14-16-11(4-5-18)13(15)17-14/h6-7,18H,4-5H2,1-3H3,(H,16,17). The van der Waals surface area contributed by atoms with Crippen molar-refractivity contribution < 1.29 is 5.11 Å². The van der Waals surface area contributed by atoms with Crippen molar-refractivity contribution in [3.05, 3.63) is 39.1 Å². The van der Waals surface area contributed by atoms with Gasteiger partial charge in [0.2, 0.25) is 0 Å². The van der Waals surface area contributed by atoms with E-state index in [1.165, 1.54) is 16.7 Å². The molecule has 0 aliphatic rings. The fourth-order valence-electron chi connectivity index (χ4n) is 2.34. The number of aryl methyl sites for hydroxylation is 3. The third-order valence-electron chi connectivity index (χ3n) is 3.00. The molecule has 2 rings (SSSR count). The second kappa shape index (κ2) is 5.24. The lowest BCUT2D eigenvalue weighted by Crippen LogP contribution is -1.93. The van der Waals surface area contributed by atoms with Crippen LogP contribution in [0.3, 0.4) is 0 Å². The van der Waals surface area contributed by atoms with Crippen LogP contribution in [0.4, 0.5) is 0 Å². The van der Waals surface area contributed by atoms with Crippen LogP contribution < -0.4 is 0 Å².